The molecular weight excluding hydrogens is 303 g/mol. The van der Waals surface area contributed by atoms with E-state index in [1.165, 1.54) is 11.0 Å². The Kier molecular flexibility index (Phi) is 3.08. The number of fused-ring (bicyclic) bond motifs is 1. The highest BCUT2D eigenvalue weighted by Crippen LogP contribution is 2.34. The quantitative estimate of drug-likeness (QED) is 0.799. The first-order valence-corrected chi connectivity index (χ1v) is 7.60. The summed E-state index contributed by atoms with van der Waals surface area (Å²) in [6.07, 6.45) is -0.390. The lowest BCUT2D eigenvalue weighted by Gasteiger charge is -2.21. The van der Waals surface area contributed by atoms with Crippen LogP contribution in [0.4, 0.5) is 15.3 Å². The lowest BCUT2D eigenvalue weighted by atomic mass is 10.2. The molecule has 21 heavy (non-hydrogen) atoms. The van der Waals surface area contributed by atoms with Crippen LogP contribution in [-0.2, 0) is 19.8 Å². The highest BCUT2D eigenvalue weighted by Gasteiger charge is 2.39. The van der Waals surface area contributed by atoms with Crippen molar-refractivity contribution in [3.63, 3.8) is 0 Å². The molecule has 1 unspecified atom stereocenters. The number of hydrogen-bond donors (Lipinski definition) is 1. The smallest absolute Gasteiger partial charge is 0.307 e. The van der Waals surface area contributed by atoms with E-state index in [1.807, 2.05) is 0 Å². The van der Waals surface area contributed by atoms with Gasteiger partial charge >= 0.3 is 10.2 Å². The maximum absolute atomic E-state index is 13.0. The summed E-state index contributed by atoms with van der Waals surface area (Å²) in [6.45, 7) is -0.331. The Bertz CT molecular complexity index is 733. The van der Waals surface area contributed by atoms with Crippen LogP contribution in [0.1, 0.15) is 6.42 Å². The van der Waals surface area contributed by atoms with Crippen LogP contribution in [0.15, 0.2) is 18.2 Å². The fourth-order valence-electron chi connectivity index (χ4n) is 2.35. The number of nitrogens with zero attached hydrogens (tertiary/aromatic N) is 1. The summed E-state index contributed by atoms with van der Waals surface area (Å²) in [5.74, 6) is -0.347. The normalized spacial score (nSPS) is 21.8. The molecule has 0 bridgehead atoms. The maximum Gasteiger partial charge on any atom is 0.307 e. The van der Waals surface area contributed by atoms with Crippen molar-refractivity contribution in [2.45, 2.75) is 11.7 Å². The fraction of sp³-hybridized carbons (Fsp3) is 0.333. The summed E-state index contributed by atoms with van der Waals surface area (Å²) in [6, 6.07) is 4.62. The molecule has 0 aromatic heterocycles. The predicted molar refractivity (Wildman–Crippen MR) is 71.4 cm³/mol. The van der Waals surface area contributed by atoms with E-state index >= 15 is 0 Å². The second kappa shape index (κ2) is 4.69. The molecule has 0 spiro atoms. The molecule has 2 aliphatic rings. The van der Waals surface area contributed by atoms with E-state index in [1.54, 1.807) is 12.1 Å². The summed E-state index contributed by atoms with van der Waals surface area (Å²) in [5, 5.41) is 1.23. The van der Waals surface area contributed by atoms with E-state index in [9.17, 15) is 21.9 Å². The number of carbonyl (C=O) groups excluding carboxylic acids is 2. The number of rotatable bonds is 2. The van der Waals surface area contributed by atoms with Gasteiger partial charge in [0.15, 0.2) is 6.61 Å². The molecular formula is C12H11FN2O5S. The van der Waals surface area contributed by atoms with Gasteiger partial charge in [-0.05, 0) is 18.2 Å². The minimum atomic E-state index is -4.76. The Morgan fingerprint density at radius 2 is 2.10 bits per heavy atom. The molecule has 112 valence electrons. The largest absolute Gasteiger partial charge is 0.482 e. The zero-order valence-electron chi connectivity index (χ0n) is 10.7. The van der Waals surface area contributed by atoms with Crippen molar-refractivity contribution in [1.29, 1.82) is 0 Å². The van der Waals surface area contributed by atoms with Crippen LogP contribution in [0.2, 0.25) is 0 Å². The molecule has 0 aliphatic carbocycles. The second-order valence-corrected chi connectivity index (χ2v) is 6.44. The molecule has 2 amide bonds. The van der Waals surface area contributed by atoms with Crippen LogP contribution in [0.5, 0.6) is 5.75 Å². The predicted octanol–water partition coefficient (Wildman–Crippen LogP) is 0.422. The molecule has 7 nitrogen and oxygen atoms in total. The van der Waals surface area contributed by atoms with Crippen molar-refractivity contribution >= 4 is 33.4 Å². The van der Waals surface area contributed by atoms with Crippen LogP contribution in [0.3, 0.4) is 0 Å². The summed E-state index contributed by atoms with van der Waals surface area (Å²) in [5.41, 5.74) is 0.777. The highest BCUT2D eigenvalue weighted by molar-refractivity contribution is 7.87. The van der Waals surface area contributed by atoms with Crippen molar-refractivity contribution in [2.24, 2.45) is 0 Å². The molecule has 1 fully saturated rings. The van der Waals surface area contributed by atoms with E-state index in [-0.39, 0.29) is 19.1 Å². The van der Waals surface area contributed by atoms with Gasteiger partial charge in [-0.3, -0.25) is 9.59 Å². The molecule has 0 radical (unpaired) electrons. The summed E-state index contributed by atoms with van der Waals surface area (Å²) in [7, 11) is -4.76. The van der Waals surface area contributed by atoms with Gasteiger partial charge in [0.25, 0.3) is 5.91 Å². The van der Waals surface area contributed by atoms with Gasteiger partial charge < -0.3 is 15.0 Å². The average Bonchev–Trinajstić information content (AvgIpc) is 2.80. The number of halogens is 1. The van der Waals surface area contributed by atoms with E-state index < -0.39 is 27.8 Å². The molecule has 1 atom stereocenters. The first-order valence-electron chi connectivity index (χ1n) is 6.15. The maximum atomic E-state index is 13.0. The minimum absolute atomic E-state index is 0.0862. The fourth-order valence-corrected chi connectivity index (χ4v) is 3.02. The molecule has 9 heteroatoms. The molecule has 1 aromatic carbocycles. The number of ether oxygens (including phenoxy) is 1. The lowest BCUT2D eigenvalue weighted by Crippen LogP contribution is -2.28. The lowest BCUT2D eigenvalue weighted by molar-refractivity contribution is -0.118. The minimum Gasteiger partial charge on any atom is -0.482 e. The molecule has 3 rings (SSSR count). The molecule has 2 aliphatic heterocycles. The molecule has 0 saturated carbocycles. The van der Waals surface area contributed by atoms with Gasteiger partial charge in [0, 0.05) is 18.7 Å². The Morgan fingerprint density at radius 3 is 2.76 bits per heavy atom. The first kappa shape index (κ1) is 13.8. The van der Waals surface area contributed by atoms with Gasteiger partial charge in [-0.2, -0.15) is 8.42 Å². The van der Waals surface area contributed by atoms with E-state index in [4.69, 9.17) is 4.74 Å². The molecule has 1 saturated heterocycles. The van der Waals surface area contributed by atoms with Gasteiger partial charge in [-0.25, -0.2) is 0 Å². The number of anilines is 2. The van der Waals surface area contributed by atoms with Crippen molar-refractivity contribution in [3.8, 4) is 5.75 Å². The Balaban J connectivity index is 1.90. The Labute approximate surface area is 119 Å². The first-order chi connectivity index (χ1) is 9.84. The standard InChI is InChI=1S/C12H11FN2O5S/c13-21(18,19)8-4-12(17)15(5-8)7-1-2-10-9(3-7)14-11(16)6-20-10/h1-3,8H,4-6H2,(H,14,16). The van der Waals surface area contributed by atoms with Crippen LogP contribution < -0.4 is 15.0 Å². The zero-order valence-corrected chi connectivity index (χ0v) is 11.5. The summed E-state index contributed by atoms with van der Waals surface area (Å²) in [4.78, 5) is 24.3. The van der Waals surface area contributed by atoms with Gasteiger partial charge in [-0.15, -0.1) is 3.89 Å². The van der Waals surface area contributed by atoms with Crippen LogP contribution in [-0.4, -0.2) is 38.6 Å². The monoisotopic (exact) mass is 314 g/mol. The third-order valence-electron chi connectivity index (χ3n) is 3.40. The van der Waals surface area contributed by atoms with Crippen molar-refractivity contribution in [2.75, 3.05) is 23.4 Å². The number of amides is 2. The van der Waals surface area contributed by atoms with Gasteiger partial charge in [0.1, 0.15) is 11.0 Å². The van der Waals surface area contributed by atoms with Crippen molar-refractivity contribution in [1.82, 2.24) is 0 Å². The summed E-state index contributed by atoms with van der Waals surface area (Å²) < 4.78 is 40.0. The highest BCUT2D eigenvalue weighted by atomic mass is 32.3. The third kappa shape index (κ3) is 2.56. The van der Waals surface area contributed by atoms with Crippen LogP contribution in [0, 0.1) is 0 Å². The Morgan fingerprint density at radius 1 is 1.33 bits per heavy atom. The van der Waals surface area contributed by atoms with Crippen LogP contribution in [0.25, 0.3) is 0 Å². The van der Waals surface area contributed by atoms with E-state index in [2.05, 4.69) is 5.32 Å². The third-order valence-corrected chi connectivity index (χ3v) is 4.51. The SMILES string of the molecule is O=C1COc2ccc(N3CC(S(=O)(=O)F)CC3=O)cc2N1. The van der Waals surface area contributed by atoms with E-state index in [0.717, 1.165) is 0 Å². The summed E-state index contributed by atoms with van der Waals surface area (Å²) >= 11 is 0. The second-order valence-electron chi connectivity index (χ2n) is 4.82. The van der Waals surface area contributed by atoms with Gasteiger partial charge in [-0.1, -0.05) is 0 Å². The Hall–Kier alpha value is -2.16. The van der Waals surface area contributed by atoms with Gasteiger partial charge in [0.05, 0.1) is 5.69 Å². The zero-order chi connectivity index (χ0) is 15.2. The molecule has 1 N–H and O–H groups in total. The molecule has 2 heterocycles. The van der Waals surface area contributed by atoms with Crippen LogP contribution >= 0.6 is 0 Å². The molecule has 1 aromatic rings. The topological polar surface area (TPSA) is 92.8 Å². The number of carbonyl (C=O) groups is 2. The number of hydrogen-bond acceptors (Lipinski definition) is 5. The van der Waals surface area contributed by atoms with E-state index in [0.29, 0.717) is 17.1 Å². The number of benzene rings is 1. The van der Waals surface area contributed by atoms with Gasteiger partial charge in [0.2, 0.25) is 5.91 Å². The number of nitrogens with one attached hydrogen (secondary N) is 1. The van der Waals surface area contributed by atoms with Crippen molar-refractivity contribution in [3.05, 3.63) is 18.2 Å². The van der Waals surface area contributed by atoms with Crippen molar-refractivity contribution < 1.29 is 26.6 Å². The average molecular weight is 314 g/mol.